The molecule has 2 heterocycles. The molecule has 2 aromatic rings. The molecule has 1 aromatic heterocycles. The van der Waals surface area contributed by atoms with Crippen molar-refractivity contribution >= 4 is 17.5 Å². The number of anilines is 2. The van der Waals surface area contributed by atoms with Crippen LogP contribution < -0.4 is 10.2 Å². The van der Waals surface area contributed by atoms with Crippen LogP contribution in [0.15, 0.2) is 36.5 Å². The highest BCUT2D eigenvalue weighted by atomic mass is 16.1. The minimum atomic E-state index is -0.200. The maximum absolute atomic E-state index is 12.4. The second kappa shape index (κ2) is 7.22. The van der Waals surface area contributed by atoms with Crippen LogP contribution in [-0.4, -0.2) is 29.0 Å². The second-order valence-corrected chi connectivity index (χ2v) is 5.97. The van der Waals surface area contributed by atoms with Crippen LogP contribution in [0.3, 0.4) is 0 Å². The molecule has 0 bridgehead atoms. The third kappa shape index (κ3) is 4.06. The number of benzene rings is 1. The van der Waals surface area contributed by atoms with Crippen molar-refractivity contribution in [2.24, 2.45) is 0 Å². The number of rotatable bonds is 3. The lowest BCUT2D eigenvalue weighted by molar-refractivity contribution is 0.102. The van der Waals surface area contributed by atoms with Crippen LogP contribution in [0.4, 0.5) is 11.6 Å². The standard InChI is InChI=1S/C18H22N4O/c1-14-7-6-8-15(13-14)20-17(23)16-9-10-19-18(21-16)22-11-4-2-3-5-12-22/h6-10,13H,2-5,11-12H2,1H3,(H,20,23). The van der Waals surface area contributed by atoms with E-state index in [1.165, 1.54) is 12.8 Å². The van der Waals surface area contributed by atoms with E-state index in [0.29, 0.717) is 11.6 Å². The lowest BCUT2D eigenvalue weighted by atomic mass is 10.2. The van der Waals surface area contributed by atoms with Gasteiger partial charge in [-0.1, -0.05) is 25.0 Å². The number of aryl methyl sites for hydroxylation is 1. The number of amides is 1. The summed E-state index contributed by atoms with van der Waals surface area (Å²) in [5.74, 6) is 0.456. The van der Waals surface area contributed by atoms with Crippen LogP contribution in [0.5, 0.6) is 0 Å². The van der Waals surface area contributed by atoms with Crippen molar-refractivity contribution in [3.05, 3.63) is 47.8 Å². The SMILES string of the molecule is Cc1cccc(NC(=O)c2ccnc(N3CCCCCC3)n2)c1. The van der Waals surface area contributed by atoms with E-state index in [4.69, 9.17) is 0 Å². The third-order valence-corrected chi connectivity index (χ3v) is 4.04. The van der Waals surface area contributed by atoms with Gasteiger partial charge in [-0.05, 0) is 43.5 Å². The Morgan fingerprint density at radius 3 is 2.65 bits per heavy atom. The van der Waals surface area contributed by atoms with Gasteiger partial charge in [0.15, 0.2) is 0 Å². The van der Waals surface area contributed by atoms with Crippen LogP contribution in [-0.2, 0) is 0 Å². The zero-order valence-electron chi connectivity index (χ0n) is 13.5. The first-order chi connectivity index (χ1) is 11.2. The van der Waals surface area contributed by atoms with Crippen LogP contribution in [0.1, 0.15) is 41.7 Å². The molecule has 23 heavy (non-hydrogen) atoms. The highest BCUT2D eigenvalue weighted by molar-refractivity contribution is 6.03. The highest BCUT2D eigenvalue weighted by Crippen LogP contribution is 2.16. The molecule has 1 fully saturated rings. The summed E-state index contributed by atoms with van der Waals surface area (Å²) in [6.45, 7) is 3.92. The average molecular weight is 310 g/mol. The molecule has 1 aliphatic rings. The Balaban J connectivity index is 1.74. The molecule has 0 unspecified atom stereocenters. The van der Waals surface area contributed by atoms with Gasteiger partial charge in [-0.25, -0.2) is 9.97 Å². The van der Waals surface area contributed by atoms with Gasteiger partial charge in [0.25, 0.3) is 5.91 Å². The van der Waals surface area contributed by atoms with Crippen molar-refractivity contribution in [1.82, 2.24) is 9.97 Å². The molecule has 1 aliphatic heterocycles. The zero-order chi connectivity index (χ0) is 16.1. The first-order valence-electron chi connectivity index (χ1n) is 8.18. The first kappa shape index (κ1) is 15.5. The molecule has 1 amide bonds. The summed E-state index contributed by atoms with van der Waals surface area (Å²) in [7, 11) is 0. The molecular formula is C18H22N4O. The van der Waals surface area contributed by atoms with Gasteiger partial charge in [0, 0.05) is 25.0 Å². The normalized spacial score (nSPS) is 15.1. The second-order valence-electron chi connectivity index (χ2n) is 5.97. The Labute approximate surface area is 136 Å². The van der Waals surface area contributed by atoms with Crippen LogP contribution in [0, 0.1) is 6.92 Å². The van der Waals surface area contributed by atoms with Gasteiger partial charge in [0.2, 0.25) is 5.95 Å². The topological polar surface area (TPSA) is 58.1 Å². The Hall–Kier alpha value is -2.43. The molecule has 120 valence electrons. The monoisotopic (exact) mass is 310 g/mol. The maximum Gasteiger partial charge on any atom is 0.274 e. The zero-order valence-corrected chi connectivity index (χ0v) is 13.5. The molecule has 0 radical (unpaired) electrons. The fraction of sp³-hybridized carbons (Fsp3) is 0.389. The van der Waals surface area contributed by atoms with Gasteiger partial charge >= 0.3 is 0 Å². The van der Waals surface area contributed by atoms with Gasteiger partial charge in [0.05, 0.1) is 0 Å². The molecule has 1 aromatic carbocycles. The number of nitrogens with zero attached hydrogens (tertiary/aromatic N) is 3. The Morgan fingerprint density at radius 2 is 1.91 bits per heavy atom. The van der Waals surface area contributed by atoms with E-state index in [1.807, 2.05) is 31.2 Å². The van der Waals surface area contributed by atoms with E-state index in [9.17, 15) is 4.79 Å². The lowest BCUT2D eigenvalue weighted by Gasteiger charge is -2.20. The molecule has 0 spiro atoms. The lowest BCUT2D eigenvalue weighted by Crippen LogP contribution is -2.27. The number of nitrogens with one attached hydrogen (secondary N) is 1. The van der Waals surface area contributed by atoms with Crippen LogP contribution in [0.2, 0.25) is 0 Å². The molecule has 0 saturated carbocycles. The number of carbonyl (C=O) groups excluding carboxylic acids is 1. The molecule has 0 aliphatic carbocycles. The van der Waals surface area contributed by atoms with Crippen molar-refractivity contribution in [1.29, 1.82) is 0 Å². The fourth-order valence-corrected chi connectivity index (χ4v) is 2.82. The molecule has 3 rings (SSSR count). The predicted octanol–water partition coefficient (Wildman–Crippen LogP) is 3.42. The molecular weight excluding hydrogens is 288 g/mol. The van der Waals surface area contributed by atoms with Gasteiger partial charge in [-0.2, -0.15) is 0 Å². The molecule has 0 atom stereocenters. The minimum absolute atomic E-state index is 0.200. The number of hydrogen-bond acceptors (Lipinski definition) is 4. The first-order valence-corrected chi connectivity index (χ1v) is 8.18. The van der Waals surface area contributed by atoms with Gasteiger partial charge in [-0.3, -0.25) is 4.79 Å². The summed E-state index contributed by atoms with van der Waals surface area (Å²) < 4.78 is 0. The largest absolute Gasteiger partial charge is 0.341 e. The molecule has 5 nitrogen and oxygen atoms in total. The third-order valence-electron chi connectivity index (χ3n) is 4.04. The smallest absolute Gasteiger partial charge is 0.274 e. The molecule has 1 N–H and O–H groups in total. The summed E-state index contributed by atoms with van der Waals surface area (Å²) in [6.07, 6.45) is 6.48. The summed E-state index contributed by atoms with van der Waals surface area (Å²) in [6, 6.07) is 9.40. The number of hydrogen-bond donors (Lipinski definition) is 1. The quantitative estimate of drug-likeness (QED) is 0.943. The van der Waals surface area contributed by atoms with Crippen molar-refractivity contribution in [3.63, 3.8) is 0 Å². The number of carbonyl (C=O) groups is 1. The Morgan fingerprint density at radius 1 is 1.13 bits per heavy atom. The van der Waals surface area contributed by atoms with Crippen molar-refractivity contribution in [3.8, 4) is 0 Å². The Bertz CT molecular complexity index is 678. The van der Waals surface area contributed by atoms with Gasteiger partial charge in [0.1, 0.15) is 5.69 Å². The minimum Gasteiger partial charge on any atom is -0.341 e. The van der Waals surface area contributed by atoms with E-state index in [0.717, 1.165) is 37.2 Å². The fourth-order valence-electron chi connectivity index (χ4n) is 2.82. The van der Waals surface area contributed by atoms with E-state index in [-0.39, 0.29) is 5.91 Å². The van der Waals surface area contributed by atoms with Crippen LogP contribution in [0.25, 0.3) is 0 Å². The van der Waals surface area contributed by atoms with Gasteiger partial charge in [-0.15, -0.1) is 0 Å². The van der Waals surface area contributed by atoms with E-state index in [1.54, 1.807) is 12.3 Å². The predicted molar refractivity (Wildman–Crippen MR) is 91.8 cm³/mol. The van der Waals surface area contributed by atoms with Crippen molar-refractivity contribution in [2.45, 2.75) is 32.6 Å². The van der Waals surface area contributed by atoms with E-state index >= 15 is 0 Å². The Kier molecular flexibility index (Phi) is 4.86. The van der Waals surface area contributed by atoms with Crippen molar-refractivity contribution in [2.75, 3.05) is 23.3 Å². The molecule has 5 heteroatoms. The molecule has 1 saturated heterocycles. The summed E-state index contributed by atoms with van der Waals surface area (Å²) in [5.41, 5.74) is 2.29. The van der Waals surface area contributed by atoms with E-state index < -0.39 is 0 Å². The summed E-state index contributed by atoms with van der Waals surface area (Å²) in [4.78, 5) is 23.4. The van der Waals surface area contributed by atoms with Gasteiger partial charge < -0.3 is 10.2 Å². The summed E-state index contributed by atoms with van der Waals surface area (Å²) >= 11 is 0. The highest BCUT2D eigenvalue weighted by Gasteiger charge is 2.15. The van der Waals surface area contributed by atoms with Crippen molar-refractivity contribution < 1.29 is 4.79 Å². The number of aromatic nitrogens is 2. The van der Waals surface area contributed by atoms with E-state index in [2.05, 4.69) is 20.2 Å². The maximum atomic E-state index is 12.4. The summed E-state index contributed by atoms with van der Waals surface area (Å²) in [5, 5.41) is 2.89. The van der Waals surface area contributed by atoms with Crippen LogP contribution >= 0.6 is 0 Å². The average Bonchev–Trinajstić information content (AvgIpc) is 2.84.